The summed E-state index contributed by atoms with van der Waals surface area (Å²) in [5.74, 6) is -0.411. The van der Waals surface area contributed by atoms with Crippen LogP contribution in [0.4, 0.5) is 5.69 Å². The van der Waals surface area contributed by atoms with Crippen molar-refractivity contribution < 1.29 is 19.4 Å². The van der Waals surface area contributed by atoms with Crippen LogP contribution in [0.15, 0.2) is 24.3 Å². The molecule has 0 heterocycles. The highest BCUT2D eigenvalue weighted by atomic mass is 16.5. The van der Waals surface area contributed by atoms with Crippen molar-refractivity contribution in [2.24, 2.45) is 0 Å². The Kier molecular flexibility index (Phi) is 6.33. The highest BCUT2D eigenvalue weighted by Gasteiger charge is 2.20. The lowest BCUT2D eigenvalue weighted by atomic mass is 10.1. The molecule has 6 heteroatoms. The molecule has 0 aliphatic heterocycles. The van der Waals surface area contributed by atoms with Gasteiger partial charge in [-0.3, -0.25) is 9.59 Å². The molecule has 0 radical (unpaired) electrons. The smallest absolute Gasteiger partial charge is 0.255 e. The Hall–Kier alpha value is -1.92. The summed E-state index contributed by atoms with van der Waals surface area (Å²) >= 11 is 0. The molecule has 21 heavy (non-hydrogen) atoms. The molecule has 0 aromatic heterocycles. The van der Waals surface area contributed by atoms with Gasteiger partial charge in [0.25, 0.3) is 5.91 Å². The van der Waals surface area contributed by atoms with E-state index in [9.17, 15) is 14.7 Å². The molecule has 2 amide bonds. The highest BCUT2D eigenvalue weighted by Crippen LogP contribution is 2.20. The normalized spacial score (nSPS) is 11.9. The van der Waals surface area contributed by atoms with E-state index in [1.807, 2.05) is 0 Å². The fourth-order valence-electron chi connectivity index (χ4n) is 1.97. The second kappa shape index (κ2) is 7.75. The van der Waals surface area contributed by atoms with Crippen molar-refractivity contribution in [3.8, 4) is 0 Å². The van der Waals surface area contributed by atoms with Gasteiger partial charge in [-0.1, -0.05) is 12.1 Å². The lowest BCUT2D eigenvalue weighted by Crippen LogP contribution is -2.37. The Labute approximate surface area is 124 Å². The number of anilines is 1. The van der Waals surface area contributed by atoms with Crippen molar-refractivity contribution in [1.29, 1.82) is 0 Å². The Morgan fingerprint density at radius 3 is 2.48 bits per heavy atom. The second-order valence-corrected chi connectivity index (χ2v) is 4.89. The highest BCUT2D eigenvalue weighted by molar-refractivity contribution is 6.04. The first-order valence-electron chi connectivity index (χ1n) is 6.64. The largest absolute Gasteiger partial charge is 0.389 e. The Bertz CT molecular complexity index is 504. The van der Waals surface area contributed by atoms with Crippen LogP contribution in [0.5, 0.6) is 0 Å². The summed E-state index contributed by atoms with van der Waals surface area (Å²) in [5, 5.41) is 9.70. The van der Waals surface area contributed by atoms with Crippen molar-refractivity contribution in [1.82, 2.24) is 4.90 Å². The molecule has 1 unspecified atom stereocenters. The SMILES string of the molecule is COCC(O)CN(C)C(=O)c1ccccc1N(C)C(C)=O. The molecule has 0 aliphatic carbocycles. The van der Waals surface area contributed by atoms with Gasteiger partial charge in [-0.15, -0.1) is 0 Å². The average molecular weight is 294 g/mol. The van der Waals surface area contributed by atoms with Gasteiger partial charge in [0.05, 0.1) is 24.0 Å². The Morgan fingerprint density at radius 2 is 1.90 bits per heavy atom. The number of aliphatic hydroxyl groups is 1. The van der Waals surface area contributed by atoms with E-state index < -0.39 is 6.10 Å². The van der Waals surface area contributed by atoms with E-state index >= 15 is 0 Å². The number of amides is 2. The number of para-hydroxylation sites is 1. The van der Waals surface area contributed by atoms with Crippen LogP contribution in [0, 0.1) is 0 Å². The van der Waals surface area contributed by atoms with Crippen LogP contribution in [0.1, 0.15) is 17.3 Å². The summed E-state index contributed by atoms with van der Waals surface area (Å²) in [6.07, 6.45) is -0.748. The molecule has 0 aliphatic rings. The molecular formula is C15H22N2O4. The quantitative estimate of drug-likeness (QED) is 0.840. The van der Waals surface area contributed by atoms with Crippen LogP contribution in [-0.4, -0.2) is 62.3 Å². The number of carbonyl (C=O) groups excluding carboxylic acids is 2. The molecule has 0 saturated carbocycles. The maximum absolute atomic E-state index is 12.5. The standard InChI is InChI=1S/C15H22N2O4/c1-11(18)17(3)14-8-6-5-7-13(14)15(20)16(2)9-12(19)10-21-4/h5-8,12,19H,9-10H2,1-4H3. The molecule has 0 spiro atoms. The lowest BCUT2D eigenvalue weighted by Gasteiger charge is -2.24. The van der Waals surface area contributed by atoms with Gasteiger partial charge in [0, 0.05) is 34.7 Å². The predicted molar refractivity (Wildman–Crippen MR) is 80.4 cm³/mol. The molecule has 1 aromatic carbocycles. The maximum atomic E-state index is 12.5. The molecule has 1 rings (SSSR count). The minimum Gasteiger partial charge on any atom is -0.389 e. The summed E-state index contributed by atoms with van der Waals surface area (Å²) in [4.78, 5) is 26.8. The van der Waals surface area contributed by atoms with E-state index in [0.717, 1.165) is 0 Å². The number of benzene rings is 1. The van der Waals surface area contributed by atoms with Crippen LogP contribution in [0.3, 0.4) is 0 Å². The van der Waals surface area contributed by atoms with Crippen molar-refractivity contribution >= 4 is 17.5 Å². The van der Waals surface area contributed by atoms with Crippen LogP contribution < -0.4 is 4.90 Å². The van der Waals surface area contributed by atoms with Gasteiger partial charge in [0.1, 0.15) is 0 Å². The average Bonchev–Trinajstić information content (AvgIpc) is 2.45. The minimum absolute atomic E-state index is 0.155. The van der Waals surface area contributed by atoms with Crippen molar-refractivity contribution in [2.45, 2.75) is 13.0 Å². The summed E-state index contributed by atoms with van der Waals surface area (Å²) in [7, 11) is 4.71. The van der Waals surface area contributed by atoms with E-state index in [1.165, 1.54) is 23.8 Å². The number of hydrogen-bond acceptors (Lipinski definition) is 4. The number of methoxy groups -OCH3 is 1. The molecule has 0 bridgehead atoms. The predicted octanol–water partition coefficient (Wildman–Crippen LogP) is 0.749. The van der Waals surface area contributed by atoms with Gasteiger partial charge in [0.2, 0.25) is 5.91 Å². The molecule has 6 nitrogen and oxygen atoms in total. The van der Waals surface area contributed by atoms with E-state index in [0.29, 0.717) is 11.3 Å². The third-order valence-electron chi connectivity index (χ3n) is 3.16. The molecule has 116 valence electrons. The number of nitrogens with zero attached hydrogens (tertiary/aromatic N) is 2. The monoisotopic (exact) mass is 294 g/mol. The zero-order valence-electron chi connectivity index (χ0n) is 12.9. The van der Waals surface area contributed by atoms with Gasteiger partial charge < -0.3 is 19.6 Å². The number of rotatable bonds is 6. The zero-order chi connectivity index (χ0) is 16.0. The fourth-order valence-corrected chi connectivity index (χ4v) is 1.97. The minimum atomic E-state index is -0.748. The molecule has 1 aromatic rings. The van der Waals surface area contributed by atoms with Gasteiger partial charge in [0.15, 0.2) is 0 Å². The third-order valence-corrected chi connectivity index (χ3v) is 3.16. The topological polar surface area (TPSA) is 70.1 Å². The van der Waals surface area contributed by atoms with Gasteiger partial charge in [-0.2, -0.15) is 0 Å². The van der Waals surface area contributed by atoms with Gasteiger partial charge in [-0.05, 0) is 12.1 Å². The third kappa shape index (κ3) is 4.54. The Balaban J connectivity index is 2.94. The van der Waals surface area contributed by atoms with Crippen molar-refractivity contribution in [3.05, 3.63) is 29.8 Å². The van der Waals surface area contributed by atoms with Crippen molar-refractivity contribution in [2.75, 3.05) is 39.3 Å². The van der Waals surface area contributed by atoms with Gasteiger partial charge in [-0.25, -0.2) is 0 Å². The molecule has 1 N–H and O–H groups in total. The molecule has 0 saturated heterocycles. The summed E-state index contributed by atoms with van der Waals surface area (Å²) in [5.41, 5.74) is 0.963. The first kappa shape index (κ1) is 17.1. The summed E-state index contributed by atoms with van der Waals surface area (Å²) in [6, 6.07) is 6.89. The molecule has 1 atom stereocenters. The van der Waals surface area contributed by atoms with E-state index in [1.54, 1.807) is 38.4 Å². The van der Waals surface area contributed by atoms with Crippen LogP contribution in [0.2, 0.25) is 0 Å². The van der Waals surface area contributed by atoms with Crippen LogP contribution in [0.25, 0.3) is 0 Å². The number of aliphatic hydroxyl groups excluding tert-OH is 1. The lowest BCUT2D eigenvalue weighted by molar-refractivity contribution is -0.116. The maximum Gasteiger partial charge on any atom is 0.255 e. The first-order chi connectivity index (χ1) is 9.88. The Morgan fingerprint density at radius 1 is 1.29 bits per heavy atom. The number of hydrogen-bond donors (Lipinski definition) is 1. The molecule has 0 fully saturated rings. The van der Waals surface area contributed by atoms with Gasteiger partial charge >= 0.3 is 0 Å². The van der Waals surface area contributed by atoms with E-state index in [4.69, 9.17) is 4.74 Å². The summed E-state index contributed by atoms with van der Waals surface area (Å²) < 4.78 is 4.84. The molecular weight excluding hydrogens is 272 g/mol. The number of ether oxygens (including phenoxy) is 1. The number of carbonyl (C=O) groups is 2. The second-order valence-electron chi connectivity index (χ2n) is 4.89. The van der Waals surface area contributed by atoms with Crippen molar-refractivity contribution in [3.63, 3.8) is 0 Å². The van der Waals surface area contributed by atoms with Crippen LogP contribution >= 0.6 is 0 Å². The van der Waals surface area contributed by atoms with Crippen LogP contribution in [-0.2, 0) is 9.53 Å². The zero-order valence-corrected chi connectivity index (χ0v) is 12.9. The van der Waals surface area contributed by atoms with E-state index in [-0.39, 0.29) is 25.0 Å². The first-order valence-corrected chi connectivity index (χ1v) is 6.64. The van der Waals surface area contributed by atoms with E-state index in [2.05, 4.69) is 0 Å². The fraction of sp³-hybridized carbons (Fsp3) is 0.467. The number of likely N-dealkylation sites (N-methyl/N-ethyl adjacent to an activating group) is 1. The summed E-state index contributed by atoms with van der Waals surface area (Å²) in [6.45, 7) is 1.75.